The van der Waals surface area contributed by atoms with Crippen molar-refractivity contribution in [3.8, 4) is 0 Å². The van der Waals surface area contributed by atoms with E-state index in [-0.39, 0.29) is 24.5 Å². The van der Waals surface area contributed by atoms with Gasteiger partial charge in [0.15, 0.2) is 0 Å². The first kappa shape index (κ1) is 15.9. The van der Waals surface area contributed by atoms with Gasteiger partial charge in [0.05, 0.1) is 0 Å². The van der Waals surface area contributed by atoms with Gasteiger partial charge in [-0.2, -0.15) is 0 Å². The summed E-state index contributed by atoms with van der Waals surface area (Å²) >= 11 is 0. The predicted molar refractivity (Wildman–Crippen MR) is 71.6 cm³/mol. The van der Waals surface area contributed by atoms with Gasteiger partial charge in [0, 0.05) is 25.2 Å². The highest BCUT2D eigenvalue weighted by molar-refractivity contribution is 5.94. The molecule has 19 heavy (non-hydrogen) atoms. The molecular weight excluding hydrogens is 274 g/mol. The van der Waals surface area contributed by atoms with Crippen molar-refractivity contribution >= 4 is 18.3 Å². The van der Waals surface area contributed by atoms with Gasteiger partial charge in [0.1, 0.15) is 17.2 Å². The number of hydrogen-bond donors (Lipinski definition) is 1. The number of piperazine rings is 1. The van der Waals surface area contributed by atoms with Gasteiger partial charge in [0.25, 0.3) is 5.91 Å². The molecule has 1 aliphatic rings. The summed E-state index contributed by atoms with van der Waals surface area (Å²) in [6, 6.07) is 3.70. The molecule has 2 atom stereocenters. The van der Waals surface area contributed by atoms with E-state index in [1.807, 2.05) is 13.8 Å². The van der Waals surface area contributed by atoms with Crippen molar-refractivity contribution in [2.24, 2.45) is 0 Å². The molecule has 1 fully saturated rings. The molecule has 1 amide bonds. The summed E-state index contributed by atoms with van der Waals surface area (Å²) in [4.78, 5) is 13.6. The van der Waals surface area contributed by atoms with Gasteiger partial charge in [-0.15, -0.1) is 12.4 Å². The molecule has 0 radical (unpaired) electrons. The zero-order valence-electron chi connectivity index (χ0n) is 10.8. The van der Waals surface area contributed by atoms with Gasteiger partial charge in [0.2, 0.25) is 0 Å². The Balaban J connectivity index is 0.00000180. The van der Waals surface area contributed by atoms with Gasteiger partial charge in [-0.05, 0) is 26.0 Å². The summed E-state index contributed by atoms with van der Waals surface area (Å²) in [5, 5.41) is 3.26. The number of nitrogens with one attached hydrogen (secondary N) is 1. The van der Waals surface area contributed by atoms with Crippen LogP contribution in [0.1, 0.15) is 24.2 Å². The normalized spacial score (nSPS) is 22.8. The van der Waals surface area contributed by atoms with Gasteiger partial charge >= 0.3 is 0 Å². The Bertz CT molecular complexity index is 440. The summed E-state index contributed by atoms with van der Waals surface area (Å²) in [6.07, 6.45) is 0. The van der Waals surface area contributed by atoms with Crippen molar-refractivity contribution in [2.45, 2.75) is 25.9 Å². The van der Waals surface area contributed by atoms with Crippen molar-refractivity contribution in [3.05, 3.63) is 35.4 Å². The molecule has 1 heterocycles. The fourth-order valence-electron chi connectivity index (χ4n) is 2.35. The van der Waals surface area contributed by atoms with E-state index in [1.165, 1.54) is 11.0 Å². The predicted octanol–water partition coefficient (Wildman–Crippen LogP) is 2.21. The van der Waals surface area contributed by atoms with Crippen LogP contribution < -0.4 is 5.32 Å². The van der Waals surface area contributed by atoms with E-state index < -0.39 is 23.1 Å². The average molecular weight is 291 g/mol. The summed E-state index contributed by atoms with van der Waals surface area (Å²) < 4.78 is 27.1. The number of hydrogen-bond acceptors (Lipinski definition) is 2. The maximum Gasteiger partial charge on any atom is 0.259 e. The monoisotopic (exact) mass is 290 g/mol. The largest absolute Gasteiger partial charge is 0.335 e. The quantitative estimate of drug-likeness (QED) is 0.860. The molecule has 1 saturated heterocycles. The van der Waals surface area contributed by atoms with Crippen molar-refractivity contribution in [1.29, 1.82) is 0 Å². The highest BCUT2D eigenvalue weighted by Gasteiger charge is 2.28. The fourth-order valence-corrected chi connectivity index (χ4v) is 2.35. The van der Waals surface area contributed by atoms with E-state index in [0.717, 1.165) is 12.1 Å². The standard InChI is InChI=1S/C13H16F2N2O.ClH/c1-8-6-17(7-9(2)16-8)13(18)12-10(14)4-3-5-11(12)15;/h3-5,8-9,16H,6-7H2,1-2H3;1H. The van der Waals surface area contributed by atoms with Gasteiger partial charge in [-0.3, -0.25) is 4.79 Å². The third-order valence-electron chi connectivity index (χ3n) is 3.02. The lowest BCUT2D eigenvalue weighted by Gasteiger charge is -2.36. The second-order valence-corrected chi connectivity index (χ2v) is 4.78. The van der Waals surface area contributed by atoms with E-state index in [1.54, 1.807) is 0 Å². The Kier molecular flexibility index (Phi) is 5.26. The number of nitrogens with zero attached hydrogens (tertiary/aromatic N) is 1. The van der Waals surface area contributed by atoms with E-state index in [9.17, 15) is 13.6 Å². The molecule has 0 aromatic heterocycles. The molecule has 0 aliphatic carbocycles. The van der Waals surface area contributed by atoms with Crippen LogP contribution in [0.4, 0.5) is 8.78 Å². The first-order valence-corrected chi connectivity index (χ1v) is 5.98. The van der Waals surface area contributed by atoms with Crippen molar-refractivity contribution in [3.63, 3.8) is 0 Å². The first-order chi connectivity index (χ1) is 8.49. The summed E-state index contributed by atoms with van der Waals surface area (Å²) in [7, 11) is 0. The molecule has 0 bridgehead atoms. The molecule has 6 heteroatoms. The van der Waals surface area contributed by atoms with Crippen LogP contribution >= 0.6 is 12.4 Å². The molecule has 1 aromatic carbocycles. The third kappa shape index (κ3) is 3.42. The number of amides is 1. The number of rotatable bonds is 1. The Hall–Kier alpha value is -1.20. The molecule has 2 rings (SSSR count). The number of carbonyl (C=O) groups excluding carboxylic acids is 1. The van der Waals surface area contributed by atoms with E-state index >= 15 is 0 Å². The topological polar surface area (TPSA) is 32.3 Å². The van der Waals surface area contributed by atoms with Gasteiger partial charge < -0.3 is 10.2 Å². The Morgan fingerprint density at radius 3 is 2.16 bits per heavy atom. The highest BCUT2D eigenvalue weighted by Crippen LogP contribution is 2.16. The lowest BCUT2D eigenvalue weighted by molar-refractivity contribution is 0.0664. The molecule has 1 aromatic rings. The van der Waals surface area contributed by atoms with Crippen LogP contribution in [-0.4, -0.2) is 36.0 Å². The molecule has 3 nitrogen and oxygen atoms in total. The maximum atomic E-state index is 13.5. The minimum absolute atomic E-state index is 0. The van der Waals surface area contributed by atoms with Crippen LogP contribution in [0.2, 0.25) is 0 Å². The SMILES string of the molecule is CC1CN(C(=O)c2c(F)cccc2F)CC(C)N1.Cl. The van der Waals surface area contributed by atoms with Crippen LogP contribution in [0.3, 0.4) is 0 Å². The van der Waals surface area contributed by atoms with Crippen LogP contribution in [0.5, 0.6) is 0 Å². The Labute approximate surface area is 117 Å². The maximum absolute atomic E-state index is 13.5. The lowest BCUT2D eigenvalue weighted by atomic mass is 10.1. The number of benzene rings is 1. The molecule has 2 unspecified atom stereocenters. The smallest absolute Gasteiger partial charge is 0.259 e. The minimum Gasteiger partial charge on any atom is -0.335 e. The summed E-state index contributed by atoms with van der Waals surface area (Å²) in [5.41, 5.74) is -0.459. The second kappa shape index (κ2) is 6.30. The zero-order valence-corrected chi connectivity index (χ0v) is 11.6. The van der Waals surface area contributed by atoms with Crippen molar-refractivity contribution < 1.29 is 13.6 Å². The first-order valence-electron chi connectivity index (χ1n) is 5.98. The molecule has 1 N–H and O–H groups in total. The van der Waals surface area contributed by atoms with Gasteiger partial charge in [-0.1, -0.05) is 6.07 Å². The Morgan fingerprint density at radius 1 is 1.21 bits per heavy atom. The van der Waals surface area contributed by atoms with Crippen molar-refractivity contribution in [1.82, 2.24) is 10.2 Å². The van der Waals surface area contributed by atoms with E-state index in [2.05, 4.69) is 5.32 Å². The molecular formula is C13H17ClF2N2O. The van der Waals surface area contributed by atoms with E-state index in [4.69, 9.17) is 0 Å². The Morgan fingerprint density at radius 2 is 1.68 bits per heavy atom. The summed E-state index contributed by atoms with van der Waals surface area (Å²) in [5.74, 6) is -2.19. The van der Waals surface area contributed by atoms with E-state index in [0.29, 0.717) is 13.1 Å². The molecule has 106 valence electrons. The third-order valence-corrected chi connectivity index (χ3v) is 3.02. The second-order valence-electron chi connectivity index (χ2n) is 4.78. The van der Waals surface area contributed by atoms with Crippen LogP contribution in [-0.2, 0) is 0 Å². The highest BCUT2D eigenvalue weighted by atomic mass is 35.5. The van der Waals surface area contributed by atoms with Crippen LogP contribution in [0.15, 0.2) is 18.2 Å². The molecule has 1 aliphatic heterocycles. The van der Waals surface area contributed by atoms with Crippen molar-refractivity contribution in [2.75, 3.05) is 13.1 Å². The van der Waals surface area contributed by atoms with Crippen LogP contribution in [0.25, 0.3) is 0 Å². The number of halogens is 3. The zero-order chi connectivity index (χ0) is 13.3. The minimum atomic E-state index is -0.807. The average Bonchev–Trinajstić information content (AvgIpc) is 2.27. The lowest BCUT2D eigenvalue weighted by Crippen LogP contribution is -2.56. The molecule has 0 saturated carbocycles. The fraction of sp³-hybridized carbons (Fsp3) is 0.462. The van der Waals surface area contributed by atoms with Crippen LogP contribution in [0, 0.1) is 11.6 Å². The number of carbonyl (C=O) groups is 1. The summed E-state index contributed by atoms with van der Waals surface area (Å²) in [6.45, 7) is 4.79. The van der Waals surface area contributed by atoms with Gasteiger partial charge in [-0.25, -0.2) is 8.78 Å². The molecule has 0 spiro atoms.